The van der Waals surface area contributed by atoms with Crippen molar-refractivity contribution in [3.8, 4) is 5.75 Å². The van der Waals surface area contributed by atoms with Crippen LogP contribution in [0.1, 0.15) is 24.8 Å². The van der Waals surface area contributed by atoms with E-state index < -0.39 is 10.0 Å². The number of hydrogen-bond acceptors (Lipinski definition) is 5. The van der Waals surface area contributed by atoms with Gasteiger partial charge in [-0.05, 0) is 61.3 Å². The summed E-state index contributed by atoms with van der Waals surface area (Å²) in [5.41, 5.74) is 1.01. The summed E-state index contributed by atoms with van der Waals surface area (Å²) in [6, 6.07) is 5.34. The van der Waals surface area contributed by atoms with Crippen molar-refractivity contribution in [2.75, 3.05) is 19.7 Å². The minimum absolute atomic E-state index is 0.413. The third kappa shape index (κ3) is 3.25. The van der Waals surface area contributed by atoms with Crippen LogP contribution in [0.25, 0.3) is 0 Å². The number of ether oxygens (including phenoxy) is 1. The summed E-state index contributed by atoms with van der Waals surface area (Å²) < 4.78 is 35.8. The maximum atomic E-state index is 13.2. The number of thioether (sulfide) groups is 1. The van der Waals surface area contributed by atoms with Crippen molar-refractivity contribution in [3.05, 3.63) is 36.2 Å². The van der Waals surface area contributed by atoms with Crippen molar-refractivity contribution in [3.63, 3.8) is 0 Å². The number of aryl methyl sites for hydroxylation is 2. The first-order valence-corrected chi connectivity index (χ1v) is 12.2. The summed E-state index contributed by atoms with van der Waals surface area (Å²) in [5, 5.41) is 1.58. The lowest BCUT2D eigenvalue weighted by Gasteiger charge is -2.21. The molecule has 0 amide bonds. The number of imidazole rings is 1. The van der Waals surface area contributed by atoms with E-state index in [1.807, 2.05) is 43.3 Å². The summed E-state index contributed by atoms with van der Waals surface area (Å²) >= 11 is 1.83. The highest BCUT2D eigenvalue weighted by Gasteiger charge is 2.45. The lowest BCUT2D eigenvalue weighted by Crippen LogP contribution is -2.30. The number of sulfonamides is 1. The minimum Gasteiger partial charge on any atom is -0.493 e. The lowest BCUT2D eigenvalue weighted by atomic mass is 10.0. The number of rotatable bonds is 4. The number of fused-ring (bicyclic) bond motifs is 2. The molecule has 0 bridgehead atoms. The zero-order chi connectivity index (χ0) is 19.3. The Morgan fingerprint density at radius 3 is 2.71 bits per heavy atom. The van der Waals surface area contributed by atoms with Gasteiger partial charge >= 0.3 is 0 Å². The van der Waals surface area contributed by atoms with Gasteiger partial charge in [-0.3, -0.25) is 0 Å². The molecule has 8 heteroatoms. The highest BCUT2D eigenvalue weighted by Crippen LogP contribution is 2.46. The molecule has 150 valence electrons. The number of hydrogen-bond donors (Lipinski definition) is 0. The SMILES string of the molecule is Cn1ccnc1SC1C[C@@H]2CN(S(=O)(=O)c3ccc4c(c3)CCCO4)C[C@@H]2C1. The van der Waals surface area contributed by atoms with Crippen molar-refractivity contribution in [1.29, 1.82) is 0 Å². The Morgan fingerprint density at radius 1 is 1.21 bits per heavy atom. The second-order valence-electron chi connectivity index (χ2n) is 8.10. The second-order valence-corrected chi connectivity index (χ2v) is 11.3. The standard InChI is InChI=1S/C20H25N3O3S2/c1-22-7-6-21-20(22)27-17-9-15-12-23(13-16(15)10-17)28(24,25)18-4-5-19-14(11-18)3-2-8-26-19/h4-7,11,15-17H,2-3,8-10,12-13H2,1H3/t15-,16+,17?. The van der Waals surface area contributed by atoms with Gasteiger partial charge in [0.1, 0.15) is 5.75 Å². The average Bonchev–Trinajstić information content (AvgIpc) is 3.37. The Bertz CT molecular complexity index is 974. The van der Waals surface area contributed by atoms with Gasteiger partial charge in [0.2, 0.25) is 10.0 Å². The molecule has 1 unspecified atom stereocenters. The van der Waals surface area contributed by atoms with E-state index in [2.05, 4.69) is 9.55 Å². The van der Waals surface area contributed by atoms with Crippen molar-refractivity contribution >= 4 is 21.8 Å². The van der Waals surface area contributed by atoms with E-state index in [1.54, 1.807) is 10.4 Å². The van der Waals surface area contributed by atoms with Crippen LogP contribution >= 0.6 is 11.8 Å². The van der Waals surface area contributed by atoms with Crippen molar-refractivity contribution < 1.29 is 13.2 Å². The normalized spacial score (nSPS) is 27.4. The van der Waals surface area contributed by atoms with Crippen molar-refractivity contribution in [1.82, 2.24) is 13.9 Å². The molecule has 2 fully saturated rings. The zero-order valence-corrected chi connectivity index (χ0v) is 17.6. The van der Waals surface area contributed by atoms with Gasteiger partial charge in [-0.15, -0.1) is 0 Å². The summed E-state index contributed by atoms with van der Waals surface area (Å²) in [7, 11) is -1.42. The second kappa shape index (κ2) is 7.07. The summed E-state index contributed by atoms with van der Waals surface area (Å²) in [4.78, 5) is 4.82. The molecule has 1 aromatic heterocycles. The number of benzene rings is 1. The van der Waals surface area contributed by atoms with Crippen molar-refractivity contribution in [2.24, 2.45) is 18.9 Å². The Morgan fingerprint density at radius 2 is 2.00 bits per heavy atom. The molecule has 28 heavy (non-hydrogen) atoms. The van der Waals surface area contributed by atoms with Gasteiger partial charge in [0, 0.05) is 37.8 Å². The third-order valence-corrected chi connectivity index (χ3v) is 9.39. The zero-order valence-electron chi connectivity index (χ0n) is 16.0. The highest BCUT2D eigenvalue weighted by molar-refractivity contribution is 7.99. The summed E-state index contributed by atoms with van der Waals surface area (Å²) in [5.74, 6) is 1.74. The number of aromatic nitrogens is 2. The molecule has 3 atom stereocenters. The van der Waals surface area contributed by atoms with Gasteiger partial charge in [-0.1, -0.05) is 11.8 Å². The number of nitrogens with zero attached hydrogens (tertiary/aromatic N) is 3. The van der Waals surface area contributed by atoms with Crippen molar-refractivity contribution in [2.45, 2.75) is 41.0 Å². The first kappa shape index (κ1) is 18.5. The largest absolute Gasteiger partial charge is 0.493 e. The molecule has 1 aromatic carbocycles. The Kier molecular flexibility index (Phi) is 4.68. The van der Waals surface area contributed by atoms with Gasteiger partial charge in [-0.25, -0.2) is 13.4 Å². The fourth-order valence-electron chi connectivity index (χ4n) is 4.75. The molecule has 2 aliphatic heterocycles. The van der Waals surface area contributed by atoms with E-state index in [1.165, 1.54) is 0 Å². The van der Waals surface area contributed by atoms with Crippen LogP contribution in [0.15, 0.2) is 40.6 Å². The van der Waals surface area contributed by atoms with Gasteiger partial charge < -0.3 is 9.30 Å². The third-order valence-electron chi connectivity index (χ3n) is 6.24. The average molecular weight is 420 g/mol. The molecule has 3 aliphatic rings. The summed E-state index contributed by atoms with van der Waals surface area (Å²) in [6.45, 7) is 1.99. The van der Waals surface area contributed by atoms with E-state index in [0.29, 0.717) is 41.7 Å². The molecular formula is C20H25N3O3S2. The van der Waals surface area contributed by atoms with Crippen LogP contribution in [-0.2, 0) is 23.5 Å². The van der Waals surface area contributed by atoms with Gasteiger partial charge in [-0.2, -0.15) is 4.31 Å². The molecule has 5 rings (SSSR count). The molecule has 6 nitrogen and oxygen atoms in total. The van der Waals surface area contributed by atoms with E-state index in [4.69, 9.17) is 4.74 Å². The van der Waals surface area contributed by atoms with Crippen LogP contribution in [0.4, 0.5) is 0 Å². The van der Waals surface area contributed by atoms with E-state index >= 15 is 0 Å². The summed E-state index contributed by atoms with van der Waals surface area (Å²) in [6.07, 6.45) is 7.75. The molecule has 1 saturated heterocycles. The van der Waals surface area contributed by atoms with Crippen LogP contribution in [0, 0.1) is 11.8 Å². The van der Waals surface area contributed by atoms with Crippen LogP contribution in [-0.4, -0.2) is 47.2 Å². The first-order valence-electron chi connectivity index (χ1n) is 9.90. The fraction of sp³-hybridized carbons (Fsp3) is 0.550. The molecule has 0 spiro atoms. The molecule has 3 heterocycles. The predicted octanol–water partition coefficient (Wildman–Crippen LogP) is 2.94. The van der Waals surface area contributed by atoms with E-state index in [9.17, 15) is 8.42 Å². The maximum absolute atomic E-state index is 13.2. The minimum atomic E-state index is -3.43. The van der Waals surface area contributed by atoms with Crippen LogP contribution in [0.3, 0.4) is 0 Å². The molecule has 1 aliphatic carbocycles. The van der Waals surface area contributed by atoms with E-state index in [-0.39, 0.29) is 0 Å². The quantitative estimate of drug-likeness (QED) is 0.762. The molecular weight excluding hydrogens is 394 g/mol. The monoisotopic (exact) mass is 419 g/mol. The molecule has 0 N–H and O–H groups in total. The molecule has 1 saturated carbocycles. The lowest BCUT2D eigenvalue weighted by molar-refractivity contribution is 0.288. The van der Waals surface area contributed by atoms with Gasteiger partial charge in [0.15, 0.2) is 5.16 Å². The van der Waals surface area contributed by atoms with Gasteiger partial charge in [0.05, 0.1) is 11.5 Å². The topological polar surface area (TPSA) is 64.4 Å². The molecule has 0 radical (unpaired) electrons. The predicted molar refractivity (Wildman–Crippen MR) is 108 cm³/mol. The van der Waals surface area contributed by atoms with Crippen LogP contribution in [0.5, 0.6) is 5.75 Å². The van der Waals surface area contributed by atoms with Crippen LogP contribution in [0.2, 0.25) is 0 Å². The van der Waals surface area contributed by atoms with E-state index in [0.717, 1.165) is 42.2 Å². The Labute approximate surface area is 170 Å². The Balaban J connectivity index is 1.27. The maximum Gasteiger partial charge on any atom is 0.243 e. The van der Waals surface area contributed by atoms with Gasteiger partial charge in [0.25, 0.3) is 0 Å². The van der Waals surface area contributed by atoms with Crippen LogP contribution < -0.4 is 4.74 Å². The molecule has 2 aromatic rings. The fourth-order valence-corrected chi connectivity index (χ4v) is 7.69. The Hall–Kier alpha value is -1.51. The highest BCUT2D eigenvalue weighted by atomic mass is 32.2. The smallest absolute Gasteiger partial charge is 0.243 e. The first-order chi connectivity index (χ1) is 13.5.